The highest BCUT2D eigenvalue weighted by atomic mass is 28.2. The van der Waals surface area contributed by atoms with Crippen LogP contribution in [0, 0.1) is 0 Å². The maximum atomic E-state index is 11.5. The van der Waals surface area contributed by atoms with E-state index in [2.05, 4.69) is 5.32 Å². The molecule has 0 saturated heterocycles. The second-order valence-corrected chi connectivity index (χ2v) is 2.98. The van der Waals surface area contributed by atoms with Gasteiger partial charge >= 0.3 is 6.18 Å². The van der Waals surface area contributed by atoms with Crippen LogP contribution in [0.3, 0.4) is 0 Å². The van der Waals surface area contributed by atoms with Crippen LogP contribution in [0.5, 0.6) is 0 Å². The number of halogens is 3. The van der Waals surface area contributed by atoms with Gasteiger partial charge in [-0.2, -0.15) is 13.2 Å². The molecule has 1 N–H and O–H groups in total. The fourth-order valence-corrected chi connectivity index (χ4v) is 0.805. The van der Waals surface area contributed by atoms with Crippen molar-refractivity contribution in [2.24, 2.45) is 0 Å². The Kier molecular flexibility index (Phi) is 4.17. The first-order valence-electron chi connectivity index (χ1n) is 2.94. The van der Waals surface area contributed by atoms with Crippen molar-refractivity contribution < 1.29 is 18.0 Å². The highest BCUT2D eigenvalue weighted by Crippen LogP contribution is 2.18. The lowest BCUT2D eigenvalue weighted by atomic mass is 10.4. The number of rotatable bonds is 3. The molecule has 0 saturated carbocycles. The molecule has 0 fully saturated rings. The largest absolute Gasteiger partial charge is 0.397 e. The predicted molar refractivity (Wildman–Crippen MR) is 35.3 cm³/mol. The summed E-state index contributed by atoms with van der Waals surface area (Å²) in [5.74, 6) is -0.952. The van der Waals surface area contributed by atoms with Crippen molar-refractivity contribution in [3.05, 3.63) is 0 Å². The maximum Gasteiger partial charge on any atom is 0.397 e. The van der Waals surface area contributed by atoms with Crippen LogP contribution < -0.4 is 5.32 Å². The minimum Gasteiger partial charge on any atom is -0.359 e. The molecule has 11 heavy (non-hydrogen) atoms. The Morgan fingerprint density at radius 3 is 2.45 bits per heavy atom. The first-order valence-corrected chi connectivity index (χ1v) is 4.64. The summed E-state index contributed by atoms with van der Waals surface area (Å²) in [6.07, 6.45) is -5.44. The molecule has 2 radical (unpaired) electrons. The third-order valence-corrected chi connectivity index (χ3v) is 1.35. The van der Waals surface area contributed by atoms with Crippen LogP contribution in [-0.2, 0) is 4.79 Å². The average Bonchev–Trinajstić information content (AvgIpc) is 1.79. The van der Waals surface area contributed by atoms with E-state index in [1.807, 2.05) is 0 Å². The Bertz CT molecular complexity index is 136. The van der Waals surface area contributed by atoms with Gasteiger partial charge in [-0.15, -0.1) is 0 Å². The molecule has 0 aromatic rings. The van der Waals surface area contributed by atoms with Crippen LogP contribution in [0.25, 0.3) is 0 Å². The lowest BCUT2D eigenvalue weighted by Crippen LogP contribution is -2.30. The highest BCUT2D eigenvalue weighted by molar-refractivity contribution is 6.34. The maximum absolute atomic E-state index is 11.5. The first-order chi connectivity index (χ1) is 4.95. The lowest BCUT2D eigenvalue weighted by Gasteiger charge is -2.05. The molecular weight excluding hydrogens is 175 g/mol. The number of alkyl halides is 3. The van der Waals surface area contributed by atoms with Gasteiger partial charge in [0.2, 0.25) is 5.91 Å². The molecule has 0 rings (SSSR count). The van der Waals surface area contributed by atoms with Gasteiger partial charge in [-0.1, -0.05) is 6.55 Å². The van der Waals surface area contributed by atoms with Crippen LogP contribution in [-0.4, -0.2) is 27.8 Å². The summed E-state index contributed by atoms with van der Waals surface area (Å²) >= 11 is 0. The minimum absolute atomic E-state index is 0.328. The van der Waals surface area contributed by atoms with Crippen molar-refractivity contribution in [3.8, 4) is 0 Å². The smallest absolute Gasteiger partial charge is 0.359 e. The van der Waals surface area contributed by atoms with E-state index < -0.39 is 18.5 Å². The van der Waals surface area contributed by atoms with Gasteiger partial charge in [0.1, 0.15) is 6.42 Å². The minimum atomic E-state index is -4.39. The van der Waals surface area contributed by atoms with E-state index in [1.165, 1.54) is 0 Å². The van der Waals surface area contributed by atoms with Gasteiger partial charge in [0, 0.05) is 6.17 Å². The summed E-state index contributed by atoms with van der Waals surface area (Å²) < 4.78 is 34.4. The van der Waals surface area contributed by atoms with Gasteiger partial charge in [-0.25, -0.2) is 0 Å². The Morgan fingerprint density at radius 1 is 1.55 bits per heavy atom. The van der Waals surface area contributed by atoms with E-state index in [4.69, 9.17) is 0 Å². The number of amides is 1. The molecule has 64 valence electrons. The number of carbonyl (C=O) groups is 1. The molecule has 0 bridgehead atoms. The van der Waals surface area contributed by atoms with Crippen molar-refractivity contribution in [1.82, 2.24) is 5.32 Å². The fourth-order valence-electron chi connectivity index (χ4n) is 0.432. The van der Waals surface area contributed by atoms with Gasteiger partial charge in [-0.3, -0.25) is 4.79 Å². The van der Waals surface area contributed by atoms with E-state index >= 15 is 0 Å². The summed E-state index contributed by atoms with van der Waals surface area (Å²) in [5, 5.41) is 2.14. The van der Waals surface area contributed by atoms with Crippen molar-refractivity contribution in [2.45, 2.75) is 19.1 Å². The molecule has 0 aliphatic carbocycles. The summed E-state index contributed by atoms with van der Waals surface area (Å²) in [5.41, 5.74) is 0. The SMILES string of the molecule is C[Si]CNC(=O)CC(F)(F)F. The molecule has 6 heteroatoms. The van der Waals surface area contributed by atoms with Crippen LogP contribution in [0.4, 0.5) is 13.2 Å². The first kappa shape index (κ1) is 10.5. The van der Waals surface area contributed by atoms with Gasteiger partial charge in [-0.05, 0) is 0 Å². The van der Waals surface area contributed by atoms with Crippen LogP contribution in [0.1, 0.15) is 6.42 Å². The zero-order valence-electron chi connectivity index (χ0n) is 5.96. The quantitative estimate of drug-likeness (QED) is 0.643. The topological polar surface area (TPSA) is 29.1 Å². The zero-order chi connectivity index (χ0) is 8.91. The van der Waals surface area contributed by atoms with Crippen LogP contribution in [0.15, 0.2) is 0 Å². The second-order valence-electron chi connectivity index (χ2n) is 1.92. The number of nitrogens with one attached hydrogen (secondary N) is 1. The molecule has 2 nitrogen and oxygen atoms in total. The average molecular weight is 183 g/mol. The van der Waals surface area contributed by atoms with E-state index in [1.54, 1.807) is 6.55 Å². The third-order valence-electron chi connectivity index (χ3n) is 0.823. The summed E-state index contributed by atoms with van der Waals surface area (Å²) in [6, 6.07) is 0. The van der Waals surface area contributed by atoms with Crippen molar-refractivity contribution in [2.75, 3.05) is 6.17 Å². The highest BCUT2D eigenvalue weighted by Gasteiger charge is 2.30. The molecule has 0 heterocycles. The Morgan fingerprint density at radius 2 is 2.09 bits per heavy atom. The van der Waals surface area contributed by atoms with Gasteiger partial charge in [0.05, 0.1) is 9.52 Å². The van der Waals surface area contributed by atoms with E-state index in [0.29, 0.717) is 15.7 Å². The van der Waals surface area contributed by atoms with Crippen molar-refractivity contribution >= 4 is 15.4 Å². The number of hydrogen-bond acceptors (Lipinski definition) is 1. The normalized spacial score (nSPS) is 11.3. The predicted octanol–water partition coefficient (Wildman–Crippen LogP) is 0.765. The van der Waals surface area contributed by atoms with Crippen molar-refractivity contribution in [3.63, 3.8) is 0 Å². The number of hydrogen-bond donors (Lipinski definition) is 1. The summed E-state index contributed by atoms with van der Waals surface area (Å²) in [7, 11) is 0.438. The lowest BCUT2D eigenvalue weighted by molar-refractivity contribution is -0.153. The van der Waals surface area contributed by atoms with E-state index in [9.17, 15) is 18.0 Å². The van der Waals surface area contributed by atoms with Crippen LogP contribution >= 0.6 is 0 Å². The monoisotopic (exact) mass is 183 g/mol. The molecule has 0 aliphatic rings. The van der Waals surface area contributed by atoms with Gasteiger partial charge < -0.3 is 5.32 Å². The van der Waals surface area contributed by atoms with Crippen molar-refractivity contribution in [1.29, 1.82) is 0 Å². The standard InChI is InChI=1S/C5H8F3NOSi/c1-11-3-9-4(10)2-5(6,7)8/h2-3H2,1H3,(H,9,10). The van der Waals surface area contributed by atoms with E-state index in [-0.39, 0.29) is 0 Å². The Hall–Kier alpha value is -0.523. The zero-order valence-corrected chi connectivity index (χ0v) is 6.96. The molecule has 0 spiro atoms. The number of carbonyl (C=O) groups excluding carboxylic acids is 1. The van der Waals surface area contributed by atoms with E-state index in [0.717, 1.165) is 0 Å². The van der Waals surface area contributed by atoms with Gasteiger partial charge in [0.15, 0.2) is 0 Å². The molecular formula is C5H8F3NOSi. The summed E-state index contributed by atoms with van der Waals surface area (Å²) in [4.78, 5) is 10.4. The Labute approximate surface area is 65.0 Å². The molecule has 0 unspecified atom stereocenters. The molecule has 1 amide bonds. The Balaban J connectivity index is 3.53. The molecule has 0 aromatic carbocycles. The molecule has 0 aliphatic heterocycles. The fraction of sp³-hybridized carbons (Fsp3) is 0.800. The summed E-state index contributed by atoms with van der Waals surface area (Å²) in [6.45, 7) is 1.80. The van der Waals surface area contributed by atoms with Gasteiger partial charge in [0.25, 0.3) is 0 Å². The third kappa shape index (κ3) is 7.37. The second kappa shape index (κ2) is 4.37. The molecule has 0 aromatic heterocycles. The van der Waals surface area contributed by atoms with Crippen LogP contribution in [0.2, 0.25) is 6.55 Å². The molecule has 0 atom stereocenters.